The molecule has 0 aromatic heterocycles. The van der Waals surface area contributed by atoms with E-state index in [2.05, 4.69) is 297 Å². The van der Waals surface area contributed by atoms with Crippen molar-refractivity contribution in [1.29, 1.82) is 0 Å². The second-order valence-corrected chi connectivity index (χ2v) is 37.2. The van der Waals surface area contributed by atoms with Crippen LogP contribution in [0.1, 0.15) is 207 Å². The van der Waals surface area contributed by atoms with E-state index in [0.29, 0.717) is 28.9 Å². The standard InChI is InChI=1S/3C14H31NS2.C12H27NS2/c1-11(2)16-9-12(15-13(3,4)5)10-17-14(6,7)8;2*1-11(2)16-9-8-13(10-17-12(3)4)15-14(5,6)7;1-10(2)13(9-15-12(5)6)7-8-14-11(3)4/h11-12,15H,9-10H2,1-8H3;2*11-13,15H,8-10H2,1-7H3;10-12H,7-9H2,1-6H3. The number of hydrogen-bond donors (Lipinski definition) is 3. The molecule has 0 radical (unpaired) electrons. The van der Waals surface area contributed by atoms with Crippen LogP contribution in [0.5, 0.6) is 0 Å². The normalized spacial score (nSPS) is 14.3. The molecule has 0 bridgehead atoms. The summed E-state index contributed by atoms with van der Waals surface area (Å²) in [6.07, 6.45) is 2.56. The molecular formula is C54H120N4S8. The van der Waals surface area contributed by atoms with Gasteiger partial charge in [0.2, 0.25) is 0 Å². The number of thioether (sulfide) groups is 8. The van der Waals surface area contributed by atoms with E-state index in [9.17, 15) is 0 Å². The molecule has 3 unspecified atom stereocenters. The van der Waals surface area contributed by atoms with Gasteiger partial charge in [-0.3, -0.25) is 4.90 Å². The van der Waals surface area contributed by atoms with Crippen LogP contribution in [0.25, 0.3) is 0 Å². The Kier molecular flexibility index (Phi) is 47.7. The Hall–Kier alpha value is 2.64. The third-order valence-electron chi connectivity index (χ3n) is 8.49. The van der Waals surface area contributed by atoms with Crippen LogP contribution in [0.4, 0.5) is 0 Å². The molecule has 404 valence electrons. The second kappa shape index (κ2) is 41.9. The van der Waals surface area contributed by atoms with Gasteiger partial charge in [-0.25, -0.2) is 0 Å². The summed E-state index contributed by atoms with van der Waals surface area (Å²) in [4.78, 5) is 2.57. The van der Waals surface area contributed by atoms with Crippen LogP contribution in [-0.4, -0.2) is 140 Å². The summed E-state index contributed by atoms with van der Waals surface area (Å²) in [5.74, 6) is 9.83. The van der Waals surface area contributed by atoms with Gasteiger partial charge in [-0.05, 0) is 132 Å². The van der Waals surface area contributed by atoms with Gasteiger partial charge in [0.1, 0.15) is 0 Å². The highest BCUT2D eigenvalue weighted by Crippen LogP contribution is 2.26. The van der Waals surface area contributed by atoms with Crippen LogP contribution < -0.4 is 16.0 Å². The van der Waals surface area contributed by atoms with Crippen molar-refractivity contribution in [2.45, 2.75) is 289 Å². The zero-order valence-electron chi connectivity index (χ0n) is 49.3. The molecule has 0 rings (SSSR count). The molecular weight excluding hydrogens is 961 g/mol. The van der Waals surface area contributed by atoms with Crippen molar-refractivity contribution in [3.05, 3.63) is 0 Å². The van der Waals surface area contributed by atoms with Crippen LogP contribution in [0, 0.1) is 0 Å². The van der Waals surface area contributed by atoms with Crippen molar-refractivity contribution in [2.75, 3.05) is 52.7 Å². The zero-order chi connectivity index (χ0) is 52.5. The van der Waals surface area contributed by atoms with Gasteiger partial charge >= 0.3 is 0 Å². The molecule has 0 aliphatic rings. The monoisotopic (exact) mass is 1080 g/mol. The second-order valence-electron chi connectivity index (χ2n) is 23.9. The summed E-state index contributed by atoms with van der Waals surface area (Å²) in [5.41, 5.74) is 0.663. The van der Waals surface area contributed by atoms with E-state index in [1.54, 1.807) is 0 Å². The van der Waals surface area contributed by atoms with Gasteiger partial charge in [0.05, 0.1) is 0 Å². The minimum absolute atomic E-state index is 0.209. The fraction of sp³-hybridized carbons (Fsp3) is 1.00. The van der Waals surface area contributed by atoms with Crippen LogP contribution in [0.3, 0.4) is 0 Å². The molecule has 0 aliphatic carbocycles. The van der Waals surface area contributed by atoms with Crippen molar-refractivity contribution in [3.8, 4) is 0 Å². The first-order valence-corrected chi connectivity index (χ1v) is 34.2. The molecule has 0 aromatic carbocycles. The van der Waals surface area contributed by atoms with Gasteiger partial charge in [0.15, 0.2) is 0 Å². The Balaban J connectivity index is -0.000000389. The maximum Gasteiger partial charge on any atom is 0.0449 e. The number of nitrogens with one attached hydrogen (secondary N) is 3. The van der Waals surface area contributed by atoms with Crippen molar-refractivity contribution in [3.63, 3.8) is 0 Å². The van der Waals surface area contributed by atoms with Gasteiger partial charge in [0, 0.05) is 92.0 Å². The van der Waals surface area contributed by atoms with E-state index in [1.165, 1.54) is 65.5 Å². The molecule has 3 atom stereocenters. The number of hydrogen-bond acceptors (Lipinski definition) is 12. The number of nitrogens with zero attached hydrogens (tertiary/aromatic N) is 1. The lowest BCUT2D eigenvalue weighted by atomic mass is 10.1. The van der Waals surface area contributed by atoms with E-state index in [0.717, 1.165) is 36.7 Å². The van der Waals surface area contributed by atoms with Gasteiger partial charge in [-0.1, -0.05) is 118 Å². The number of rotatable bonds is 30. The lowest BCUT2D eigenvalue weighted by Crippen LogP contribution is -2.46. The molecule has 0 saturated carbocycles. The minimum Gasteiger partial charge on any atom is -0.308 e. The SMILES string of the molecule is CC(C)SCC(CSC(C)(C)C)NC(C)(C)C.CC(C)SCCC(CSC(C)C)NC(C)(C)C.CC(C)SCCC(CSC(C)C)NC(C)(C)C.CC(C)SCCN(CSC(C)C)C(C)C. The quantitative estimate of drug-likeness (QED) is 0.0600. The van der Waals surface area contributed by atoms with E-state index in [-0.39, 0.29) is 16.6 Å². The first kappa shape index (κ1) is 75.2. The van der Waals surface area contributed by atoms with Gasteiger partial charge in [-0.2, -0.15) is 82.3 Å². The fourth-order valence-corrected chi connectivity index (χ4v) is 12.8. The predicted octanol–water partition coefficient (Wildman–Crippen LogP) is 17.2. The minimum atomic E-state index is 0.209. The van der Waals surface area contributed by atoms with E-state index in [1.807, 2.05) is 11.8 Å². The molecule has 0 spiro atoms. The summed E-state index contributed by atoms with van der Waals surface area (Å²) >= 11 is 16.5. The molecule has 4 nitrogen and oxygen atoms in total. The van der Waals surface area contributed by atoms with E-state index in [4.69, 9.17) is 0 Å². The van der Waals surface area contributed by atoms with Gasteiger partial charge in [0.25, 0.3) is 0 Å². The van der Waals surface area contributed by atoms with Crippen molar-refractivity contribution < 1.29 is 0 Å². The highest BCUT2D eigenvalue weighted by atomic mass is 32.2. The molecule has 3 N–H and O–H groups in total. The van der Waals surface area contributed by atoms with E-state index < -0.39 is 0 Å². The van der Waals surface area contributed by atoms with E-state index >= 15 is 0 Å². The average Bonchev–Trinajstić information content (AvgIpc) is 3.10. The third kappa shape index (κ3) is 66.6. The average molecular weight is 1080 g/mol. The Morgan fingerprint density at radius 1 is 0.348 bits per heavy atom. The Bertz CT molecular complexity index is 1000. The molecule has 0 amide bonds. The summed E-state index contributed by atoms with van der Waals surface area (Å²) in [6, 6.07) is 2.57. The summed E-state index contributed by atoms with van der Waals surface area (Å²) in [7, 11) is 0. The zero-order valence-corrected chi connectivity index (χ0v) is 55.9. The van der Waals surface area contributed by atoms with Gasteiger partial charge in [-0.15, -0.1) is 11.8 Å². The molecule has 0 aliphatic heterocycles. The topological polar surface area (TPSA) is 39.3 Å². The van der Waals surface area contributed by atoms with Crippen LogP contribution >= 0.6 is 94.1 Å². The molecule has 12 heteroatoms. The lowest BCUT2D eigenvalue weighted by molar-refractivity contribution is 0.278. The first-order valence-electron chi connectivity index (χ1n) is 25.9. The summed E-state index contributed by atoms with van der Waals surface area (Å²) in [6.45, 7) is 64.9. The van der Waals surface area contributed by atoms with Crippen molar-refractivity contribution in [2.24, 2.45) is 0 Å². The van der Waals surface area contributed by atoms with Crippen molar-refractivity contribution in [1.82, 2.24) is 20.9 Å². The van der Waals surface area contributed by atoms with Crippen LogP contribution in [-0.2, 0) is 0 Å². The Morgan fingerprint density at radius 3 is 0.909 bits per heavy atom. The fourth-order valence-electron chi connectivity index (χ4n) is 5.65. The summed E-state index contributed by atoms with van der Waals surface area (Å²) < 4.78 is 0.361. The summed E-state index contributed by atoms with van der Waals surface area (Å²) in [5, 5.41) is 16.4. The maximum absolute atomic E-state index is 3.75. The third-order valence-corrected chi connectivity index (χ3v) is 18.2. The van der Waals surface area contributed by atoms with Crippen LogP contribution in [0.2, 0.25) is 0 Å². The van der Waals surface area contributed by atoms with Gasteiger partial charge < -0.3 is 16.0 Å². The Morgan fingerprint density at radius 2 is 0.636 bits per heavy atom. The Labute approximate surface area is 452 Å². The largest absolute Gasteiger partial charge is 0.308 e. The molecule has 66 heavy (non-hydrogen) atoms. The maximum atomic E-state index is 3.75. The first-order chi connectivity index (χ1) is 29.8. The predicted molar refractivity (Wildman–Crippen MR) is 336 cm³/mol. The molecule has 0 fully saturated rings. The molecule has 0 aromatic rings. The highest BCUT2D eigenvalue weighted by molar-refractivity contribution is 8.01. The molecule has 0 saturated heterocycles. The smallest absolute Gasteiger partial charge is 0.0449 e. The molecule has 0 heterocycles. The highest BCUT2D eigenvalue weighted by Gasteiger charge is 2.22. The lowest BCUT2D eigenvalue weighted by Gasteiger charge is -2.30. The van der Waals surface area contributed by atoms with Crippen molar-refractivity contribution >= 4 is 94.1 Å². The van der Waals surface area contributed by atoms with Crippen LogP contribution in [0.15, 0.2) is 0 Å².